The zero-order chi connectivity index (χ0) is 11.7. The minimum atomic E-state index is -0.652. The Morgan fingerprint density at radius 1 is 1.24 bits per heavy atom. The molecule has 17 heavy (non-hydrogen) atoms. The third-order valence-electron chi connectivity index (χ3n) is 3.02. The van der Waals surface area contributed by atoms with E-state index in [0.717, 1.165) is 0 Å². The summed E-state index contributed by atoms with van der Waals surface area (Å²) in [5.41, 5.74) is 5.48. The molecular weight excluding hydrogens is 226 g/mol. The quantitative estimate of drug-likeness (QED) is 0.761. The average molecular weight is 241 g/mol. The molecule has 0 radical (unpaired) electrons. The van der Waals surface area contributed by atoms with Crippen LogP contribution in [0.4, 0.5) is 0 Å². The van der Waals surface area contributed by atoms with Crippen LogP contribution in [-0.2, 0) is 19.7 Å². The second-order valence-corrected chi connectivity index (χ2v) is 4.35. The number of nitrogens with zero attached hydrogens (tertiary/aromatic N) is 2. The van der Waals surface area contributed by atoms with Crippen molar-refractivity contribution in [2.75, 3.05) is 33.0 Å². The van der Waals surface area contributed by atoms with Crippen molar-refractivity contribution in [1.82, 2.24) is 10.1 Å². The van der Waals surface area contributed by atoms with Gasteiger partial charge < -0.3 is 24.5 Å². The average Bonchev–Trinajstić information content (AvgIpc) is 2.99. The fourth-order valence-electron chi connectivity index (χ4n) is 1.95. The largest absolute Gasteiger partial charge is 0.379 e. The molecule has 3 heterocycles. The van der Waals surface area contributed by atoms with Crippen molar-refractivity contribution in [2.24, 2.45) is 5.73 Å². The number of aromatic nitrogens is 2. The molecule has 0 bridgehead atoms. The number of nitrogens with two attached hydrogens (primary N) is 1. The highest BCUT2D eigenvalue weighted by molar-refractivity contribution is 5.05. The van der Waals surface area contributed by atoms with E-state index in [1.165, 1.54) is 0 Å². The van der Waals surface area contributed by atoms with Crippen LogP contribution in [0.1, 0.15) is 24.2 Å². The van der Waals surface area contributed by atoms with Gasteiger partial charge in [-0.3, -0.25) is 0 Å². The second kappa shape index (κ2) is 4.34. The molecule has 2 N–H and O–H groups in total. The Balaban J connectivity index is 1.77. The van der Waals surface area contributed by atoms with Gasteiger partial charge in [0.2, 0.25) is 11.7 Å². The van der Waals surface area contributed by atoms with E-state index in [1.807, 2.05) is 0 Å². The molecule has 2 fully saturated rings. The lowest BCUT2D eigenvalue weighted by atomic mass is 10.0. The lowest BCUT2D eigenvalue weighted by molar-refractivity contribution is -0.0941. The van der Waals surface area contributed by atoms with Crippen molar-refractivity contribution < 1.29 is 18.7 Å². The maximum absolute atomic E-state index is 6.13. The van der Waals surface area contributed by atoms with Crippen LogP contribution in [0.5, 0.6) is 0 Å². The standard InChI is InChI=1S/C10H15N3O4/c11-10(1-2-15-6-10)9-12-8(13-17-9)7-5-14-3-4-16-7/h7H,1-6,11H2. The van der Waals surface area contributed by atoms with Crippen LogP contribution in [0, 0.1) is 0 Å². The topological polar surface area (TPSA) is 92.6 Å². The molecule has 2 saturated heterocycles. The summed E-state index contributed by atoms with van der Waals surface area (Å²) in [5, 5.41) is 3.90. The maximum Gasteiger partial charge on any atom is 0.249 e. The molecule has 1 aromatic rings. The minimum absolute atomic E-state index is 0.257. The molecule has 1 aromatic heterocycles. The van der Waals surface area contributed by atoms with Crippen LogP contribution in [0.25, 0.3) is 0 Å². The van der Waals surface area contributed by atoms with Gasteiger partial charge in [-0.15, -0.1) is 0 Å². The summed E-state index contributed by atoms with van der Waals surface area (Å²) in [4.78, 5) is 4.30. The minimum Gasteiger partial charge on any atom is -0.379 e. The molecule has 2 aliphatic heterocycles. The van der Waals surface area contributed by atoms with Crippen molar-refractivity contribution in [3.05, 3.63) is 11.7 Å². The zero-order valence-corrected chi connectivity index (χ0v) is 9.42. The Hall–Kier alpha value is -1.02. The predicted molar refractivity (Wildman–Crippen MR) is 55.1 cm³/mol. The number of hydrogen-bond donors (Lipinski definition) is 1. The summed E-state index contributed by atoms with van der Waals surface area (Å²) in [6, 6.07) is 0. The monoisotopic (exact) mass is 241 g/mol. The first-order chi connectivity index (χ1) is 8.28. The molecule has 2 aliphatic rings. The van der Waals surface area contributed by atoms with Gasteiger partial charge in [0.1, 0.15) is 11.6 Å². The third-order valence-corrected chi connectivity index (χ3v) is 3.02. The fourth-order valence-corrected chi connectivity index (χ4v) is 1.95. The van der Waals surface area contributed by atoms with E-state index in [9.17, 15) is 0 Å². The molecule has 7 heteroatoms. The lowest BCUT2D eigenvalue weighted by Crippen LogP contribution is -2.37. The van der Waals surface area contributed by atoms with Gasteiger partial charge >= 0.3 is 0 Å². The van der Waals surface area contributed by atoms with Gasteiger partial charge in [0.15, 0.2) is 0 Å². The van der Waals surface area contributed by atoms with E-state index in [2.05, 4.69) is 10.1 Å². The SMILES string of the molecule is NC1(c2nc(C3COCCO3)no2)CCOC1. The van der Waals surface area contributed by atoms with Gasteiger partial charge in [0, 0.05) is 6.61 Å². The van der Waals surface area contributed by atoms with Gasteiger partial charge in [-0.1, -0.05) is 5.16 Å². The molecule has 0 aromatic carbocycles. The molecule has 0 saturated carbocycles. The molecule has 94 valence electrons. The number of ether oxygens (including phenoxy) is 3. The van der Waals surface area contributed by atoms with Crippen LogP contribution in [-0.4, -0.2) is 43.2 Å². The second-order valence-electron chi connectivity index (χ2n) is 4.35. The first-order valence-corrected chi connectivity index (χ1v) is 5.68. The van der Waals surface area contributed by atoms with Crippen molar-refractivity contribution >= 4 is 0 Å². The normalized spacial score (nSPS) is 34.1. The third kappa shape index (κ3) is 2.06. The van der Waals surface area contributed by atoms with Crippen LogP contribution in [0.15, 0.2) is 4.52 Å². The van der Waals surface area contributed by atoms with Crippen molar-refractivity contribution in [3.8, 4) is 0 Å². The summed E-state index contributed by atoms with van der Waals surface area (Å²) in [5.74, 6) is 0.913. The van der Waals surface area contributed by atoms with E-state index in [1.54, 1.807) is 0 Å². The van der Waals surface area contributed by atoms with Crippen LogP contribution in [0.2, 0.25) is 0 Å². The van der Waals surface area contributed by atoms with Crippen molar-refractivity contribution in [3.63, 3.8) is 0 Å². The molecule has 0 aliphatic carbocycles. The Bertz CT molecular complexity index is 383. The van der Waals surface area contributed by atoms with E-state index >= 15 is 0 Å². The molecule has 0 spiro atoms. The lowest BCUT2D eigenvalue weighted by Gasteiger charge is -2.20. The summed E-state index contributed by atoms with van der Waals surface area (Å²) in [6.07, 6.45) is 0.434. The number of rotatable bonds is 2. The van der Waals surface area contributed by atoms with Gasteiger partial charge in [0.25, 0.3) is 0 Å². The van der Waals surface area contributed by atoms with E-state index in [-0.39, 0.29) is 6.10 Å². The van der Waals surface area contributed by atoms with Gasteiger partial charge in [-0.2, -0.15) is 4.98 Å². The highest BCUT2D eigenvalue weighted by Crippen LogP contribution is 2.28. The Morgan fingerprint density at radius 3 is 2.88 bits per heavy atom. The van der Waals surface area contributed by atoms with Crippen LogP contribution in [0.3, 0.4) is 0 Å². The maximum atomic E-state index is 6.13. The Kier molecular flexibility index (Phi) is 2.83. The first-order valence-electron chi connectivity index (χ1n) is 5.68. The summed E-state index contributed by atoms with van der Waals surface area (Å²) in [6.45, 7) is 2.64. The Labute approximate surface area is 98.2 Å². The molecule has 2 unspecified atom stereocenters. The van der Waals surface area contributed by atoms with Gasteiger partial charge in [-0.05, 0) is 6.42 Å². The highest BCUT2D eigenvalue weighted by Gasteiger charge is 2.39. The molecule has 0 amide bonds. The van der Waals surface area contributed by atoms with E-state index in [0.29, 0.717) is 51.2 Å². The summed E-state index contributed by atoms with van der Waals surface area (Å²) >= 11 is 0. The molecule has 7 nitrogen and oxygen atoms in total. The number of hydrogen-bond acceptors (Lipinski definition) is 7. The van der Waals surface area contributed by atoms with Gasteiger partial charge in [0.05, 0.1) is 26.4 Å². The molecule has 2 atom stereocenters. The summed E-state index contributed by atoms with van der Waals surface area (Å²) < 4.78 is 21.2. The molecular formula is C10H15N3O4. The first kappa shape index (κ1) is 11.1. The van der Waals surface area contributed by atoms with Crippen LogP contribution < -0.4 is 5.73 Å². The predicted octanol–water partition coefficient (Wildman–Crippen LogP) is -0.268. The van der Waals surface area contributed by atoms with Crippen LogP contribution >= 0.6 is 0 Å². The highest BCUT2D eigenvalue weighted by atomic mass is 16.6. The van der Waals surface area contributed by atoms with Crippen molar-refractivity contribution in [2.45, 2.75) is 18.1 Å². The summed E-state index contributed by atoms with van der Waals surface area (Å²) in [7, 11) is 0. The van der Waals surface area contributed by atoms with E-state index in [4.69, 9.17) is 24.5 Å². The molecule has 3 rings (SSSR count). The zero-order valence-electron chi connectivity index (χ0n) is 9.42. The van der Waals surface area contributed by atoms with E-state index < -0.39 is 5.54 Å². The van der Waals surface area contributed by atoms with Gasteiger partial charge in [-0.25, -0.2) is 0 Å². The smallest absolute Gasteiger partial charge is 0.249 e. The van der Waals surface area contributed by atoms with Crippen molar-refractivity contribution in [1.29, 1.82) is 0 Å². The fraction of sp³-hybridized carbons (Fsp3) is 0.800. The Morgan fingerprint density at radius 2 is 2.18 bits per heavy atom.